The van der Waals surface area contributed by atoms with Crippen LogP contribution in [0.3, 0.4) is 0 Å². The maximum atomic E-state index is 13.2. The molecular formula is C27H25NO5. The van der Waals surface area contributed by atoms with E-state index in [4.69, 9.17) is 9.47 Å². The minimum atomic E-state index is -0.529. The Morgan fingerprint density at radius 3 is 2.15 bits per heavy atom. The smallest absolute Gasteiger partial charge is 0.337 e. The average molecular weight is 443 g/mol. The molecule has 1 unspecified atom stereocenters. The highest BCUT2D eigenvalue weighted by atomic mass is 16.5. The molecule has 1 heterocycles. The van der Waals surface area contributed by atoms with Gasteiger partial charge in [0.1, 0.15) is 5.75 Å². The van der Waals surface area contributed by atoms with Gasteiger partial charge >= 0.3 is 5.97 Å². The Morgan fingerprint density at radius 2 is 1.58 bits per heavy atom. The number of carbonyl (C=O) groups excluding carboxylic acids is 2. The molecule has 1 N–H and O–H groups in total. The van der Waals surface area contributed by atoms with Crippen LogP contribution in [0.1, 0.15) is 38.7 Å². The predicted molar refractivity (Wildman–Crippen MR) is 125 cm³/mol. The molecule has 0 saturated carbocycles. The number of hydrogen-bond donors (Lipinski definition) is 1. The zero-order chi connectivity index (χ0) is 23.5. The van der Waals surface area contributed by atoms with Crippen LogP contribution in [-0.4, -0.2) is 36.1 Å². The Labute approximate surface area is 192 Å². The van der Waals surface area contributed by atoms with Gasteiger partial charge in [-0.2, -0.15) is 0 Å². The molecule has 4 rings (SSSR count). The number of hydrogen-bond acceptors (Lipinski definition) is 5. The van der Waals surface area contributed by atoms with Crippen molar-refractivity contribution in [1.29, 1.82) is 0 Å². The molecule has 3 aromatic carbocycles. The van der Waals surface area contributed by atoms with E-state index in [1.165, 1.54) is 7.11 Å². The van der Waals surface area contributed by atoms with Crippen molar-refractivity contribution in [3.63, 3.8) is 0 Å². The van der Waals surface area contributed by atoms with Crippen LogP contribution in [0.4, 0.5) is 0 Å². The van der Waals surface area contributed by atoms with Crippen molar-refractivity contribution in [1.82, 2.24) is 4.90 Å². The predicted octanol–water partition coefficient (Wildman–Crippen LogP) is 4.84. The molecule has 1 aliphatic heterocycles. The summed E-state index contributed by atoms with van der Waals surface area (Å²) in [5, 5.41) is 10.9. The van der Waals surface area contributed by atoms with Crippen LogP contribution in [-0.2, 0) is 16.1 Å². The summed E-state index contributed by atoms with van der Waals surface area (Å²) in [6, 6.07) is 21.5. The van der Waals surface area contributed by atoms with E-state index in [0.29, 0.717) is 23.4 Å². The Morgan fingerprint density at radius 1 is 0.939 bits per heavy atom. The molecule has 0 saturated heterocycles. The Hall–Kier alpha value is -4.06. The van der Waals surface area contributed by atoms with Crippen LogP contribution in [0.15, 0.2) is 78.6 Å². The number of benzene rings is 3. The normalized spacial score (nSPS) is 15.7. The molecule has 1 atom stereocenters. The van der Waals surface area contributed by atoms with Gasteiger partial charge in [0.05, 0.1) is 25.8 Å². The lowest BCUT2D eigenvalue weighted by molar-refractivity contribution is -0.130. The number of aliphatic hydroxyl groups excluding tert-OH is 1. The SMILES string of the molecule is COC(=O)c1ccc(C2C(c3ccc(OC)cc3)=C(O)C(=O)N2Cc2ccc(C)cc2)cc1. The van der Waals surface area contributed by atoms with Gasteiger partial charge in [-0.05, 0) is 47.9 Å². The standard InChI is InChI=1S/C27H25NO5/c1-17-4-6-18(7-5-17)16-28-24(20-8-10-21(11-9-20)27(31)33-3)23(25(29)26(28)30)19-12-14-22(32-2)15-13-19/h4-15,24,29H,16H2,1-3H3. The molecule has 0 spiro atoms. The molecular weight excluding hydrogens is 418 g/mol. The number of aliphatic hydroxyl groups is 1. The summed E-state index contributed by atoms with van der Waals surface area (Å²) in [6.45, 7) is 2.33. The summed E-state index contributed by atoms with van der Waals surface area (Å²) in [5.41, 5.74) is 4.50. The van der Waals surface area contributed by atoms with Crippen LogP contribution < -0.4 is 4.74 Å². The number of nitrogens with zero attached hydrogens (tertiary/aromatic N) is 1. The average Bonchev–Trinajstić information content (AvgIpc) is 3.10. The van der Waals surface area contributed by atoms with Crippen molar-refractivity contribution in [2.75, 3.05) is 14.2 Å². The first-order valence-electron chi connectivity index (χ1n) is 10.5. The number of aryl methyl sites for hydroxylation is 1. The van der Waals surface area contributed by atoms with Gasteiger partial charge in [-0.25, -0.2) is 4.79 Å². The molecule has 0 aromatic heterocycles. The number of carbonyl (C=O) groups is 2. The number of amides is 1. The van der Waals surface area contributed by atoms with Gasteiger partial charge in [-0.15, -0.1) is 0 Å². The summed E-state index contributed by atoms with van der Waals surface area (Å²) in [4.78, 5) is 26.7. The van der Waals surface area contributed by atoms with Crippen LogP contribution in [0.25, 0.3) is 5.57 Å². The second-order valence-electron chi connectivity index (χ2n) is 7.93. The lowest BCUT2D eigenvalue weighted by atomic mass is 9.92. The minimum Gasteiger partial charge on any atom is -0.503 e. The van der Waals surface area contributed by atoms with E-state index in [-0.39, 0.29) is 5.76 Å². The topological polar surface area (TPSA) is 76.1 Å². The Balaban J connectivity index is 1.78. The summed E-state index contributed by atoms with van der Waals surface area (Å²) < 4.78 is 10.0. The maximum absolute atomic E-state index is 13.2. The first kappa shape index (κ1) is 22.1. The molecule has 0 aliphatic carbocycles. The third kappa shape index (κ3) is 4.32. The molecule has 3 aromatic rings. The van der Waals surface area contributed by atoms with Crippen molar-refractivity contribution >= 4 is 17.4 Å². The van der Waals surface area contributed by atoms with Gasteiger partial charge in [0.15, 0.2) is 5.76 Å². The second-order valence-corrected chi connectivity index (χ2v) is 7.93. The number of methoxy groups -OCH3 is 2. The van der Waals surface area contributed by atoms with Gasteiger partial charge in [0.2, 0.25) is 0 Å². The molecule has 6 heteroatoms. The van der Waals surface area contributed by atoms with E-state index >= 15 is 0 Å². The Kier molecular flexibility index (Phi) is 6.18. The van der Waals surface area contributed by atoms with Crippen LogP contribution in [0, 0.1) is 6.92 Å². The van der Waals surface area contributed by atoms with E-state index in [1.807, 2.05) is 43.3 Å². The van der Waals surface area contributed by atoms with E-state index in [9.17, 15) is 14.7 Å². The third-order valence-corrected chi connectivity index (χ3v) is 5.83. The maximum Gasteiger partial charge on any atom is 0.337 e. The first-order chi connectivity index (χ1) is 15.9. The second kappa shape index (κ2) is 9.20. The van der Waals surface area contributed by atoms with E-state index in [1.54, 1.807) is 48.4 Å². The highest BCUT2D eigenvalue weighted by molar-refractivity contribution is 6.05. The zero-order valence-electron chi connectivity index (χ0n) is 18.7. The van der Waals surface area contributed by atoms with Crippen molar-refractivity contribution in [2.45, 2.75) is 19.5 Å². The summed E-state index contributed by atoms with van der Waals surface area (Å²) >= 11 is 0. The van der Waals surface area contributed by atoms with Crippen LogP contribution in [0.5, 0.6) is 5.75 Å². The number of rotatable bonds is 6. The highest BCUT2D eigenvalue weighted by Gasteiger charge is 2.41. The summed E-state index contributed by atoms with van der Waals surface area (Å²) in [7, 11) is 2.91. The first-order valence-corrected chi connectivity index (χ1v) is 10.5. The third-order valence-electron chi connectivity index (χ3n) is 5.83. The van der Waals surface area contributed by atoms with Gasteiger partial charge < -0.3 is 19.5 Å². The fourth-order valence-electron chi connectivity index (χ4n) is 4.04. The summed E-state index contributed by atoms with van der Waals surface area (Å²) in [6.07, 6.45) is 0. The zero-order valence-corrected chi connectivity index (χ0v) is 18.7. The molecule has 6 nitrogen and oxygen atoms in total. The highest BCUT2D eigenvalue weighted by Crippen LogP contribution is 2.44. The lowest BCUT2D eigenvalue weighted by Crippen LogP contribution is -2.29. The largest absolute Gasteiger partial charge is 0.503 e. The lowest BCUT2D eigenvalue weighted by Gasteiger charge is -2.27. The molecule has 1 amide bonds. The van der Waals surface area contributed by atoms with Gasteiger partial charge in [0, 0.05) is 12.1 Å². The summed E-state index contributed by atoms with van der Waals surface area (Å²) in [5.74, 6) is -0.481. The molecule has 0 radical (unpaired) electrons. The fourth-order valence-corrected chi connectivity index (χ4v) is 4.04. The van der Waals surface area contributed by atoms with E-state index in [0.717, 1.165) is 22.3 Å². The van der Waals surface area contributed by atoms with E-state index < -0.39 is 17.9 Å². The minimum absolute atomic E-state index is 0.283. The van der Waals surface area contributed by atoms with Crippen LogP contribution >= 0.6 is 0 Å². The van der Waals surface area contributed by atoms with Gasteiger partial charge in [0.25, 0.3) is 5.91 Å². The fraction of sp³-hybridized carbons (Fsp3) is 0.185. The van der Waals surface area contributed by atoms with Crippen LogP contribution in [0.2, 0.25) is 0 Å². The van der Waals surface area contributed by atoms with Crippen molar-refractivity contribution in [3.8, 4) is 5.75 Å². The van der Waals surface area contributed by atoms with Gasteiger partial charge in [-0.3, -0.25) is 4.79 Å². The van der Waals surface area contributed by atoms with Crippen molar-refractivity contribution in [2.24, 2.45) is 0 Å². The molecule has 1 aliphatic rings. The number of ether oxygens (including phenoxy) is 2. The van der Waals surface area contributed by atoms with E-state index in [2.05, 4.69) is 0 Å². The van der Waals surface area contributed by atoms with Crippen molar-refractivity contribution < 1.29 is 24.2 Å². The molecule has 0 fully saturated rings. The van der Waals surface area contributed by atoms with Gasteiger partial charge in [-0.1, -0.05) is 54.1 Å². The monoisotopic (exact) mass is 443 g/mol. The Bertz CT molecular complexity index is 1190. The quantitative estimate of drug-likeness (QED) is 0.552. The molecule has 33 heavy (non-hydrogen) atoms. The molecule has 168 valence electrons. The number of esters is 1. The molecule has 0 bridgehead atoms. The van der Waals surface area contributed by atoms with Crippen molar-refractivity contribution in [3.05, 3.63) is 106 Å².